The third-order valence-electron chi connectivity index (χ3n) is 14.5. The summed E-state index contributed by atoms with van der Waals surface area (Å²) in [6.45, 7) is 6.95. The summed E-state index contributed by atoms with van der Waals surface area (Å²) in [5, 5.41) is 0. The molecule has 0 aromatic heterocycles. The standard InChI is InChI=1S/C60H46BN3Se/c1-37-31-38(2)59(39(3)32-37)64-53-36-49-45(35-51(53)61-50-28-16-17-30-55(50)65-56-34-42(62(4)5)33-54(64)58(56)61)43-23-12-14-25-46(43)60(49)47-26-15-13-24-44(47)57-48(60)27-18-29-52(57)63(40-19-8-6-9-20-40)41-21-10-7-11-22-41/h6-36H,1-5H3/t60-/m0/s1. The van der Waals surface area contributed by atoms with Crippen LogP contribution in [0.15, 0.2) is 188 Å². The van der Waals surface area contributed by atoms with Crippen molar-refractivity contribution in [1.29, 1.82) is 0 Å². The molecule has 0 amide bonds. The van der Waals surface area contributed by atoms with Crippen molar-refractivity contribution in [2.75, 3.05) is 28.8 Å². The van der Waals surface area contributed by atoms with E-state index in [4.69, 9.17) is 0 Å². The summed E-state index contributed by atoms with van der Waals surface area (Å²) in [6, 6.07) is 71.6. The third-order valence-corrected chi connectivity index (χ3v) is 16.9. The molecule has 2 aliphatic carbocycles. The van der Waals surface area contributed by atoms with Gasteiger partial charge >= 0.3 is 319 Å². The van der Waals surface area contributed by atoms with E-state index in [-0.39, 0.29) is 21.7 Å². The zero-order valence-corrected chi connectivity index (χ0v) is 38.9. The molecule has 0 unspecified atom stereocenters. The minimum absolute atomic E-state index is 0.106. The summed E-state index contributed by atoms with van der Waals surface area (Å²) in [4.78, 5) is 7.41. The van der Waals surface area contributed by atoms with Gasteiger partial charge in [-0.05, 0) is 24.3 Å². The molecule has 0 N–H and O–H groups in total. The zero-order chi connectivity index (χ0) is 43.7. The van der Waals surface area contributed by atoms with Crippen molar-refractivity contribution in [3.63, 3.8) is 0 Å². The first-order chi connectivity index (χ1) is 31.8. The van der Waals surface area contributed by atoms with E-state index in [1.807, 2.05) is 0 Å². The molecule has 9 aromatic rings. The second-order valence-corrected chi connectivity index (χ2v) is 20.7. The monoisotopic (exact) mass is 899 g/mol. The van der Waals surface area contributed by atoms with E-state index < -0.39 is 5.41 Å². The second-order valence-electron chi connectivity index (χ2n) is 18.4. The normalized spacial score (nSPS) is 15.4. The van der Waals surface area contributed by atoms with Gasteiger partial charge in [-0.3, -0.25) is 0 Å². The van der Waals surface area contributed by atoms with Gasteiger partial charge in [0.15, 0.2) is 0 Å². The van der Waals surface area contributed by atoms with Crippen molar-refractivity contribution in [1.82, 2.24) is 0 Å². The molecule has 5 heteroatoms. The molecular weight excluding hydrogens is 852 g/mol. The summed E-state index contributed by atoms with van der Waals surface area (Å²) in [6.07, 6.45) is 0. The van der Waals surface area contributed by atoms with Crippen LogP contribution in [0.3, 0.4) is 0 Å². The molecule has 3 nitrogen and oxygen atoms in total. The molecule has 0 bridgehead atoms. The van der Waals surface area contributed by atoms with E-state index in [9.17, 15) is 0 Å². The minimum atomic E-state index is -0.560. The van der Waals surface area contributed by atoms with Gasteiger partial charge in [-0.25, -0.2) is 0 Å². The quantitative estimate of drug-likeness (QED) is 0.159. The molecule has 2 heterocycles. The number of hydrogen-bond acceptors (Lipinski definition) is 3. The number of anilines is 7. The van der Waals surface area contributed by atoms with E-state index >= 15 is 0 Å². The van der Waals surface area contributed by atoms with Crippen LogP contribution >= 0.6 is 0 Å². The maximum atomic E-state index is 2.67. The molecule has 9 aromatic carbocycles. The van der Waals surface area contributed by atoms with Gasteiger partial charge in [0, 0.05) is 11.4 Å². The average molecular weight is 899 g/mol. The van der Waals surface area contributed by atoms with Crippen LogP contribution in [0.25, 0.3) is 22.3 Å². The SMILES string of the molecule is Cc1cc(C)c(N2c3cc4c(cc3B3c5ccccc5[Se]c5cc(N(C)C)cc2c53)-c2ccccc2[C@@]42c3ccccc3-c3c(N(c4ccccc4)c4ccccc4)cccc32)c(C)c1. The van der Waals surface area contributed by atoms with E-state index in [0.717, 1.165) is 11.4 Å². The number of nitrogens with zero attached hydrogens (tertiary/aromatic N) is 3. The van der Waals surface area contributed by atoms with Gasteiger partial charge in [0.25, 0.3) is 0 Å². The van der Waals surface area contributed by atoms with E-state index in [0.29, 0.717) is 0 Å². The Morgan fingerprint density at radius 1 is 0.477 bits per heavy atom. The van der Waals surface area contributed by atoms with Gasteiger partial charge in [0.05, 0.1) is 0 Å². The molecule has 0 saturated heterocycles. The molecule has 1 spiro atoms. The first-order valence-electron chi connectivity index (χ1n) is 22.7. The predicted octanol–water partition coefficient (Wildman–Crippen LogP) is 10.8. The van der Waals surface area contributed by atoms with Crippen molar-refractivity contribution >= 4 is 86.8 Å². The van der Waals surface area contributed by atoms with E-state index in [2.05, 4.69) is 238 Å². The van der Waals surface area contributed by atoms with Gasteiger partial charge < -0.3 is 0 Å². The summed E-state index contributed by atoms with van der Waals surface area (Å²) < 4.78 is 2.96. The number of para-hydroxylation sites is 2. The van der Waals surface area contributed by atoms with Gasteiger partial charge in [-0.2, -0.15) is 0 Å². The fraction of sp³-hybridized carbons (Fsp3) is 0.100. The molecule has 0 radical (unpaired) electrons. The molecule has 310 valence electrons. The first kappa shape index (κ1) is 38.4. The number of benzene rings is 9. The Labute approximate surface area is 388 Å². The Kier molecular flexibility index (Phi) is 8.41. The number of fused-ring (bicyclic) bond motifs is 14. The summed E-state index contributed by atoms with van der Waals surface area (Å²) in [5.74, 6) is 0. The second kappa shape index (κ2) is 14.2. The van der Waals surface area contributed by atoms with Crippen molar-refractivity contribution in [2.24, 2.45) is 0 Å². The van der Waals surface area contributed by atoms with E-state index in [1.165, 1.54) is 115 Å². The van der Waals surface area contributed by atoms with Crippen molar-refractivity contribution < 1.29 is 0 Å². The van der Waals surface area contributed by atoms with Gasteiger partial charge in [-0.15, -0.1) is 0 Å². The van der Waals surface area contributed by atoms with Crippen LogP contribution in [0.4, 0.5) is 39.8 Å². The molecule has 4 aliphatic rings. The van der Waals surface area contributed by atoms with Crippen molar-refractivity contribution in [3.05, 3.63) is 227 Å². The first-order valence-corrected chi connectivity index (χ1v) is 24.5. The van der Waals surface area contributed by atoms with Crippen molar-refractivity contribution in [3.8, 4) is 22.3 Å². The molecule has 2 aliphatic heterocycles. The topological polar surface area (TPSA) is 9.72 Å². The Morgan fingerprint density at radius 3 is 1.80 bits per heavy atom. The Bertz CT molecular complexity index is 3390. The van der Waals surface area contributed by atoms with E-state index in [1.54, 1.807) is 0 Å². The fourth-order valence-electron chi connectivity index (χ4n) is 12.1. The molecule has 1 atom stereocenters. The Morgan fingerprint density at radius 2 is 1.09 bits per heavy atom. The van der Waals surface area contributed by atoms with Gasteiger partial charge in [0.2, 0.25) is 0 Å². The number of rotatable bonds is 5. The van der Waals surface area contributed by atoms with Gasteiger partial charge in [0.1, 0.15) is 0 Å². The molecule has 13 rings (SSSR count). The van der Waals surface area contributed by atoms with Crippen LogP contribution in [-0.2, 0) is 5.41 Å². The van der Waals surface area contributed by atoms with Crippen molar-refractivity contribution in [2.45, 2.75) is 26.2 Å². The van der Waals surface area contributed by atoms with Gasteiger partial charge in [-0.1, -0.05) is 36.4 Å². The van der Waals surface area contributed by atoms with Crippen LogP contribution < -0.4 is 40.0 Å². The van der Waals surface area contributed by atoms with Crippen LogP contribution in [-0.4, -0.2) is 35.8 Å². The molecule has 0 fully saturated rings. The Hall–Kier alpha value is -7.04. The molecule has 0 saturated carbocycles. The predicted molar refractivity (Wildman–Crippen MR) is 277 cm³/mol. The third kappa shape index (κ3) is 5.31. The summed E-state index contributed by atoms with van der Waals surface area (Å²) in [7, 11) is 4.38. The van der Waals surface area contributed by atoms with Crippen LogP contribution in [0.1, 0.15) is 38.9 Å². The number of hydrogen-bond donors (Lipinski definition) is 0. The summed E-state index contributed by atoms with van der Waals surface area (Å²) >= 11 is 0.166. The molecule has 65 heavy (non-hydrogen) atoms. The summed E-state index contributed by atoms with van der Waals surface area (Å²) in [5.41, 5.74) is 26.7. The van der Waals surface area contributed by atoms with Crippen LogP contribution in [0, 0.1) is 20.8 Å². The van der Waals surface area contributed by atoms with Crippen LogP contribution in [0.2, 0.25) is 0 Å². The molecular formula is C60H46BN3Se. The maximum absolute atomic E-state index is 2.67. The fourth-order valence-corrected chi connectivity index (χ4v) is 14.6. The average Bonchev–Trinajstić information content (AvgIpc) is 3.79. The number of aryl methyl sites for hydroxylation is 3. The zero-order valence-electron chi connectivity index (χ0n) is 37.2. The Balaban J connectivity index is 1.16. The van der Waals surface area contributed by atoms with Crippen LogP contribution in [0.5, 0.6) is 0 Å².